The maximum Gasteiger partial charge on any atom is 0.241 e. The fraction of sp³-hybridized carbons (Fsp3) is 0.900. The predicted octanol–water partition coefficient (Wildman–Crippen LogP) is 0.640. The van der Waals surface area contributed by atoms with Crippen LogP contribution < -0.4 is 5.73 Å². The number of nitrogens with zero attached hydrogens (tertiary/aromatic N) is 1. The highest BCUT2D eigenvalue weighted by Crippen LogP contribution is 2.26. The van der Waals surface area contributed by atoms with Crippen LogP contribution in [0.4, 0.5) is 0 Å². The fourth-order valence-corrected chi connectivity index (χ4v) is 1.69. The molecule has 0 spiro atoms. The van der Waals surface area contributed by atoms with Gasteiger partial charge in [0.2, 0.25) is 5.91 Å². The summed E-state index contributed by atoms with van der Waals surface area (Å²) in [6, 6.07) is -0.509. The topological polar surface area (TPSA) is 55.6 Å². The first-order valence-electron chi connectivity index (χ1n) is 5.14. The lowest BCUT2D eigenvalue weighted by atomic mass is 9.85. The first kappa shape index (κ1) is 14.7. The van der Waals surface area contributed by atoms with Crippen LogP contribution in [0, 0.1) is 5.92 Å². The number of rotatable bonds is 5. The third-order valence-electron chi connectivity index (χ3n) is 2.80. The number of carbonyl (C=O) groups is 1. The van der Waals surface area contributed by atoms with Gasteiger partial charge < -0.3 is 15.4 Å². The molecule has 0 heterocycles. The van der Waals surface area contributed by atoms with Crippen molar-refractivity contribution in [1.82, 2.24) is 4.90 Å². The highest BCUT2D eigenvalue weighted by molar-refractivity contribution is 5.85. The van der Waals surface area contributed by atoms with Gasteiger partial charge in [-0.2, -0.15) is 0 Å². The SMILES string of the molecule is COCC(N)C(=O)N(C)CC1CCC1.Cl. The molecule has 1 saturated carbocycles. The number of hydrogen-bond donors (Lipinski definition) is 1. The van der Waals surface area contributed by atoms with E-state index >= 15 is 0 Å². The van der Waals surface area contributed by atoms with Crippen LogP contribution in [0.2, 0.25) is 0 Å². The van der Waals surface area contributed by atoms with Crippen molar-refractivity contribution in [2.75, 3.05) is 27.3 Å². The Balaban J connectivity index is 0.00000196. The summed E-state index contributed by atoms with van der Waals surface area (Å²) in [5, 5.41) is 0. The highest BCUT2D eigenvalue weighted by Gasteiger charge is 2.24. The van der Waals surface area contributed by atoms with Gasteiger partial charge in [0, 0.05) is 20.7 Å². The van der Waals surface area contributed by atoms with Gasteiger partial charge in [0.1, 0.15) is 6.04 Å². The predicted molar refractivity (Wildman–Crippen MR) is 62.1 cm³/mol. The second kappa shape index (κ2) is 7.04. The Hall–Kier alpha value is -0.320. The molecule has 0 aliphatic heterocycles. The zero-order valence-electron chi connectivity index (χ0n) is 9.44. The Morgan fingerprint density at radius 3 is 2.60 bits per heavy atom. The van der Waals surface area contributed by atoms with Crippen molar-refractivity contribution < 1.29 is 9.53 Å². The van der Waals surface area contributed by atoms with Gasteiger partial charge in [0.15, 0.2) is 0 Å². The molecule has 0 saturated heterocycles. The number of likely N-dealkylation sites (N-methyl/N-ethyl adjacent to an activating group) is 1. The number of hydrogen-bond acceptors (Lipinski definition) is 3. The average molecular weight is 237 g/mol. The van der Waals surface area contributed by atoms with E-state index in [-0.39, 0.29) is 18.3 Å². The third kappa shape index (κ3) is 4.36. The molecule has 15 heavy (non-hydrogen) atoms. The van der Waals surface area contributed by atoms with Gasteiger partial charge in [0.05, 0.1) is 6.61 Å². The van der Waals surface area contributed by atoms with Crippen LogP contribution in [-0.2, 0) is 9.53 Å². The second-order valence-electron chi connectivity index (χ2n) is 4.08. The van der Waals surface area contributed by atoms with E-state index in [9.17, 15) is 4.79 Å². The number of carbonyl (C=O) groups excluding carboxylic acids is 1. The Kier molecular flexibility index (Phi) is 6.89. The molecule has 1 unspecified atom stereocenters. The largest absolute Gasteiger partial charge is 0.383 e. The molecule has 0 radical (unpaired) electrons. The normalized spacial score (nSPS) is 17.5. The van der Waals surface area contributed by atoms with E-state index in [0.717, 1.165) is 6.54 Å². The first-order valence-corrected chi connectivity index (χ1v) is 5.14. The molecule has 1 rings (SSSR count). The highest BCUT2D eigenvalue weighted by atomic mass is 35.5. The lowest BCUT2D eigenvalue weighted by Crippen LogP contribution is -2.46. The van der Waals surface area contributed by atoms with Crippen LogP contribution in [-0.4, -0.2) is 44.2 Å². The van der Waals surface area contributed by atoms with Crippen molar-refractivity contribution in [2.24, 2.45) is 11.7 Å². The van der Waals surface area contributed by atoms with Crippen molar-refractivity contribution in [3.05, 3.63) is 0 Å². The van der Waals surface area contributed by atoms with Crippen LogP contribution in [0.3, 0.4) is 0 Å². The van der Waals surface area contributed by atoms with E-state index in [4.69, 9.17) is 10.5 Å². The molecule has 1 atom stereocenters. The molecular formula is C10H21ClN2O2. The average Bonchev–Trinajstić information content (AvgIpc) is 2.10. The van der Waals surface area contributed by atoms with E-state index < -0.39 is 6.04 Å². The lowest BCUT2D eigenvalue weighted by molar-refractivity contribution is -0.133. The molecule has 0 bridgehead atoms. The molecule has 0 aromatic rings. The molecule has 1 aliphatic carbocycles. The number of ether oxygens (including phenoxy) is 1. The van der Waals surface area contributed by atoms with E-state index in [1.165, 1.54) is 19.3 Å². The van der Waals surface area contributed by atoms with Crippen molar-refractivity contribution in [2.45, 2.75) is 25.3 Å². The van der Waals surface area contributed by atoms with Crippen molar-refractivity contribution in [3.8, 4) is 0 Å². The summed E-state index contributed by atoms with van der Waals surface area (Å²) in [4.78, 5) is 13.4. The number of amides is 1. The van der Waals surface area contributed by atoms with Gasteiger partial charge in [-0.3, -0.25) is 4.79 Å². The molecule has 2 N–H and O–H groups in total. The lowest BCUT2D eigenvalue weighted by Gasteiger charge is -2.31. The quantitative estimate of drug-likeness (QED) is 0.762. The van der Waals surface area contributed by atoms with Crippen LogP contribution in [0.25, 0.3) is 0 Å². The molecule has 90 valence electrons. The van der Waals surface area contributed by atoms with Crippen LogP contribution in [0.5, 0.6) is 0 Å². The smallest absolute Gasteiger partial charge is 0.241 e. The minimum atomic E-state index is -0.509. The molecule has 1 fully saturated rings. The Bertz CT molecular complexity index is 198. The minimum absolute atomic E-state index is 0. The molecule has 4 nitrogen and oxygen atoms in total. The Morgan fingerprint density at radius 1 is 1.60 bits per heavy atom. The summed E-state index contributed by atoms with van der Waals surface area (Å²) < 4.78 is 4.85. The van der Waals surface area contributed by atoms with E-state index in [2.05, 4.69) is 0 Å². The molecular weight excluding hydrogens is 216 g/mol. The molecule has 0 aromatic carbocycles. The maximum atomic E-state index is 11.6. The van der Waals surface area contributed by atoms with Gasteiger partial charge in [-0.25, -0.2) is 0 Å². The number of halogens is 1. The summed E-state index contributed by atoms with van der Waals surface area (Å²) in [6.45, 7) is 1.14. The zero-order chi connectivity index (χ0) is 10.6. The van der Waals surface area contributed by atoms with Gasteiger partial charge in [-0.15, -0.1) is 12.4 Å². The Labute approximate surface area is 97.5 Å². The summed E-state index contributed by atoms with van der Waals surface area (Å²) in [6.07, 6.45) is 3.80. The summed E-state index contributed by atoms with van der Waals surface area (Å²) in [5.41, 5.74) is 5.65. The third-order valence-corrected chi connectivity index (χ3v) is 2.80. The molecule has 5 heteroatoms. The van der Waals surface area contributed by atoms with Gasteiger partial charge >= 0.3 is 0 Å². The first-order chi connectivity index (χ1) is 6.65. The van der Waals surface area contributed by atoms with Crippen LogP contribution in [0.15, 0.2) is 0 Å². The Morgan fingerprint density at radius 2 is 2.20 bits per heavy atom. The number of methoxy groups -OCH3 is 1. The van der Waals surface area contributed by atoms with Crippen LogP contribution in [0.1, 0.15) is 19.3 Å². The standard InChI is InChI=1S/C10H20N2O2.ClH/c1-12(6-8-4-3-5-8)10(13)9(11)7-14-2;/h8-9H,3-7,11H2,1-2H3;1H. The zero-order valence-corrected chi connectivity index (χ0v) is 10.3. The van der Waals surface area contributed by atoms with Gasteiger partial charge in [-0.1, -0.05) is 6.42 Å². The van der Waals surface area contributed by atoms with Crippen molar-refractivity contribution in [3.63, 3.8) is 0 Å². The van der Waals surface area contributed by atoms with Crippen molar-refractivity contribution in [1.29, 1.82) is 0 Å². The summed E-state index contributed by atoms with van der Waals surface area (Å²) >= 11 is 0. The molecule has 1 aliphatic rings. The summed E-state index contributed by atoms with van der Waals surface area (Å²) in [5.74, 6) is 0.678. The fourth-order valence-electron chi connectivity index (χ4n) is 1.69. The summed E-state index contributed by atoms with van der Waals surface area (Å²) in [7, 11) is 3.37. The van der Waals surface area contributed by atoms with Crippen LogP contribution >= 0.6 is 12.4 Å². The van der Waals surface area contributed by atoms with E-state index in [0.29, 0.717) is 12.5 Å². The van der Waals surface area contributed by atoms with Crippen molar-refractivity contribution >= 4 is 18.3 Å². The molecule has 1 amide bonds. The van der Waals surface area contributed by atoms with E-state index in [1.807, 2.05) is 7.05 Å². The minimum Gasteiger partial charge on any atom is -0.383 e. The van der Waals surface area contributed by atoms with Gasteiger partial charge in [0.25, 0.3) is 0 Å². The number of nitrogens with two attached hydrogens (primary N) is 1. The maximum absolute atomic E-state index is 11.6. The van der Waals surface area contributed by atoms with E-state index in [1.54, 1.807) is 12.0 Å². The van der Waals surface area contributed by atoms with Gasteiger partial charge in [-0.05, 0) is 18.8 Å². The monoisotopic (exact) mass is 236 g/mol. The molecule has 0 aromatic heterocycles. The second-order valence-corrected chi connectivity index (χ2v) is 4.08.